The average Bonchev–Trinajstić information content (AvgIpc) is 2.78. The molecule has 0 saturated carbocycles. The molecule has 23 heavy (non-hydrogen) atoms. The molecule has 0 amide bonds. The lowest BCUT2D eigenvalue weighted by Gasteiger charge is -2.20. The fraction of sp³-hybridized carbons (Fsp3) is 0. The molecule has 6 heteroatoms. The SMILES string of the molecule is ClC1=C(Cl)C(Cl)=C(Cl)C1=NN(c1ccccc1)c1ccccc1. The molecule has 1 aliphatic rings. The number of hydrogen-bond donors (Lipinski definition) is 0. The molecule has 0 aliphatic heterocycles. The molecule has 0 atom stereocenters. The second-order valence-electron chi connectivity index (χ2n) is 4.69. The van der Waals surface area contributed by atoms with Crippen LogP contribution in [0.4, 0.5) is 11.4 Å². The van der Waals surface area contributed by atoms with E-state index in [0.717, 1.165) is 11.4 Å². The van der Waals surface area contributed by atoms with Crippen molar-refractivity contribution in [3.63, 3.8) is 0 Å². The number of nitrogens with zero attached hydrogens (tertiary/aromatic N) is 2. The first-order valence-corrected chi connectivity index (χ1v) is 8.21. The zero-order valence-corrected chi connectivity index (χ0v) is 14.7. The van der Waals surface area contributed by atoms with Crippen molar-refractivity contribution in [2.45, 2.75) is 0 Å². The third kappa shape index (κ3) is 3.26. The van der Waals surface area contributed by atoms with E-state index in [2.05, 4.69) is 5.10 Å². The molecule has 2 aromatic rings. The van der Waals surface area contributed by atoms with Crippen LogP contribution in [-0.2, 0) is 0 Å². The summed E-state index contributed by atoms with van der Waals surface area (Å²) in [5.41, 5.74) is 2.06. The Kier molecular flexibility index (Phi) is 4.98. The largest absolute Gasteiger partial charge is 0.233 e. The van der Waals surface area contributed by atoms with Gasteiger partial charge in [0.2, 0.25) is 0 Å². The molecular formula is C17H10Cl4N2. The van der Waals surface area contributed by atoms with E-state index in [0.29, 0.717) is 5.71 Å². The standard InChI is InChI=1S/C17H10Cl4N2/c18-13-14(19)16(21)17(15(13)20)22-23(11-7-3-1-4-8-11)12-9-5-2-6-10-12/h1-10H. The highest BCUT2D eigenvalue weighted by Crippen LogP contribution is 2.40. The molecule has 0 bridgehead atoms. The normalized spacial score (nSPS) is 14.5. The fourth-order valence-electron chi connectivity index (χ4n) is 2.09. The Hall–Kier alpha value is -1.45. The van der Waals surface area contributed by atoms with Crippen LogP contribution in [0.2, 0.25) is 0 Å². The van der Waals surface area contributed by atoms with Crippen LogP contribution < -0.4 is 5.01 Å². The first-order valence-electron chi connectivity index (χ1n) is 6.70. The van der Waals surface area contributed by atoms with Crippen LogP contribution in [0.1, 0.15) is 0 Å². The van der Waals surface area contributed by atoms with Gasteiger partial charge < -0.3 is 0 Å². The summed E-state index contributed by atoms with van der Waals surface area (Å²) in [6.07, 6.45) is 0. The summed E-state index contributed by atoms with van der Waals surface area (Å²) in [4.78, 5) is 0. The summed E-state index contributed by atoms with van der Waals surface area (Å²) in [6, 6.07) is 19.3. The highest BCUT2D eigenvalue weighted by molar-refractivity contribution is 6.66. The molecule has 116 valence electrons. The van der Waals surface area contributed by atoms with Crippen molar-refractivity contribution in [1.82, 2.24) is 0 Å². The lowest BCUT2D eigenvalue weighted by Crippen LogP contribution is -2.13. The minimum absolute atomic E-state index is 0.207. The van der Waals surface area contributed by atoms with Crippen molar-refractivity contribution in [2.75, 3.05) is 5.01 Å². The lowest BCUT2D eigenvalue weighted by atomic mass is 10.2. The van der Waals surface area contributed by atoms with Crippen LogP contribution >= 0.6 is 46.4 Å². The molecule has 3 rings (SSSR count). The summed E-state index contributed by atoms with van der Waals surface area (Å²) in [6.45, 7) is 0. The summed E-state index contributed by atoms with van der Waals surface area (Å²) in [5.74, 6) is 0. The van der Waals surface area contributed by atoms with E-state index in [1.807, 2.05) is 60.7 Å². The van der Waals surface area contributed by atoms with Crippen LogP contribution in [0, 0.1) is 0 Å². The summed E-state index contributed by atoms with van der Waals surface area (Å²) in [5, 5.41) is 7.20. The fourth-order valence-corrected chi connectivity index (χ4v) is 3.05. The second-order valence-corrected chi connectivity index (χ2v) is 6.20. The Morgan fingerprint density at radius 3 is 1.35 bits per heavy atom. The Labute approximate surface area is 154 Å². The Morgan fingerprint density at radius 1 is 0.565 bits per heavy atom. The van der Waals surface area contributed by atoms with E-state index in [9.17, 15) is 0 Å². The number of hydrazone groups is 1. The molecule has 1 aliphatic carbocycles. The van der Waals surface area contributed by atoms with Crippen LogP contribution in [0.5, 0.6) is 0 Å². The first-order chi connectivity index (χ1) is 11.1. The maximum Gasteiger partial charge on any atom is 0.124 e. The maximum atomic E-state index is 6.22. The average molecular weight is 384 g/mol. The lowest BCUT2D eigenvalue weighted by molar-refractivity contribution is 1.09. The Balaban J connectivity index is 2.13. The molecular weight excluding hydrogens is 374 g/mol. The van der Waals surface area contributed by atoms with Gasteiger partial charge in [0.05, 0.1) is 31.5 Å². The van der Waals surface area contributed by atoms with Crippen molar-refractivity contribution < 1.29 is 0 Å². The quantitative estimate of drug-likeness (QED) is 0.547. The molecule has 0 aromatic heterocycles. The van der Waals surface area contributed by atoms with E-state index in [4.69, 9.17) is 46.4 Å². The van der Waals surface area contributed by atoms with Gasteiger partial charge in [0.1, 0.15) is 5.71 Å². The minimum Gasteiger partial charge on any atom is -0.233 e. The summed E-state index contributed by atoms with van der Waals surface area (Å²) < 4.78 is 0. The van der Waals surface area contributed by atoms with E-state index in [-0.39, 0.29) is 20.1 Å². The molecule has 0 unspecified atom stereocenters. The number of hydrogen-bond acceptors (Lipinski definition) is 2. The highest BCUT2D eigenvalue weighted by atomic mass is 35.5. The predicted molar refractivity (Wildman–Crippen MR) is 99.9 cm³/mol. The second kappa shape index (κ2) is 6.98. The zero-order valence-electron chi connectivity index (χ0n) is 11.7. The monoisotopic (exact) mass is 382 g/mol. The van der Waals surface area contributed by atoms with Crippen LogP contribution in [0.25, 0.3) is 0 Å². The van der Waals surface area contributed by atoms with Gasteiger partial charge in [-0.3, -0.25) is 0 Å². The summed E-state index contributed by atoms with van der Waals surface area (Å²) >= 11 is 24.5. The van der Waals surface area contributed by atoms with Crippen molar-refractivity contribution in [3.8, 4) is 0 Å². The van der Waals surface area contributed by atoms with Gasteiger partial charge in [-0.2, -0.15) is 5.10 Å². The summed E-state index contributed by atoms with van der Waals surface area (Å²) in [7, 11) is 0. The Bertz CT molecular complexity index is 746. The number of anilines is 2. The van der Waals surface area contributed by atoms with Gasteiger partial charge >= 0.3 is 0 Å². The van der Waals surface area contributed by atoms with Gasteiger partial charge in [-0.15, -0.1) is 0 Å². The van der Waals surface area contributed by atoms with E-state index >= 15 is 0 Å². The maximum absolute atomic E-state index is 6.22. The van der Waals surface area contributed by atoms with Gasteiger partial charge in [-0.1, -0.05) is 82.8 Å². The highest BCUT2D eigenvalue weighted by Gasteiger charge is 2.28. The van der Waals surface area contributed by atoms with Crippen LogP contribution in [0.15, 0.2) is 85.9 Å². The molecule has 0 saturated heterocycles. The Morgan fingerprint density at radius 2 is 0.957 bits per heavy atom. The molecule has 0 radical (unpaired) electrons. The molecule has 0 fully saturated rings. The molecule has 0 N–H and O–H groups in total. The zero-order chi connectivity index (χ0) is 16.4. The van der Waals surface area contributed by atoms with Crippen molar-refractivity contribution in [3.05, 3.63) is 80.8 Å². The number of para-hydroxylation sites is 2. The topological polar surface area (TPSA) is 15.6 Å². The molecule has 2 aromatic carbocycles. The van der Waals surface area contributed by atoms with Gasteiger partial charge in [0, 0.05) is 0 Å². The first kappa shape index (κ1) is 16.4. The predicted octanol–water partition coefficient (Wildman–Crippen LogP) is 6.57. The van der Waals surface area contributed by atoms with Crippen molar-refractivity contribution in [2.24, 2.45) is 5.10 Å². The third-order valence-corrected chi connectivity index (χ3v) is 4.98. The smallest absolute Gasteiger partial charge is 0.124 e. The molecule has 2 nitrogen and oxygen atoms in total. The molecule has 0 heterocycles. The van der Waals surface area contributed by atoms with E-state index in [1.165, 1.54) is 0 Å². The minimum atomic E-state index is 0.207. The van der Waals surface area contributed by atoms with Gasteiger partial charge in [0.25, 0.3) is 0 Å². The van der Waals surface area contributed by atoms with Crippen LogP contribution in [-0.4, -0.2) is 5.71 Å². The van der Waals surface area contributed by atoms with E-state index < -0.39 is 0 Å². The number of rotatable bonds is 3. The van der Waals surface area contributed by atoms with Crippen LogP contribution in [0.3, 0.4) is 0 Å². The van der Waals surface area contributed by atoms with Gasteiger partial charge in [-0.05, 0) is 24.3 Å². The van der Waals surface area contributed by atoms with Gasteiger partial charge in [-0.25, -0.2) is 5.01 Å². The number of halogens is 4. The third-order valence-electron chi connectivity index (χ3n) is 3.20. The number of allylic oxidation sites excluding steroid dienone is 4. The number of benzene rings is 2. The van der Waals surface area contributed by atoms with Crippen molar-refractivity contribution >= 4 is 63.5 Å². The van der Waals surface area contributed by atoms with E-state index in [1.54, 1.807) is 5.01 Å². The molecule has 0 spiro atoms. The van der Waals surface area contributed by atoms with Crippen molar-refractivity contribution in [1.29, 1.82) is 0 Å². The van der Waals surface area contributed by atoms with Gasteiger partial charge in [0.15, 0.2) is 0 Å².